The summed E-state index contributed by atoms with van der Waals surface area (Å²) in [7, 11) is 0. The largest absolute Gasteiger partial charge is 0.465 e. The number of benzene rings is 2. The molecule has 0 fully saturated rings. The van der Waals surface area contributed by atoms with Crippen molar-refractivity contribution in [1.82, 2.24) is 0 Å². The van der Waals surface area contributed by atoms with Crippen molar-refractivity contribution in [3.8, 4) is 11.1 Å². The predicted octanol–water partition coefficient (Wildman–Crippen LogP) is 4.07. The summed E-state index contributed by atoms with van der Waals surface area (Å²) in [5.74, 6) is 0.212. The number of rotatable bonds is 6. The summed E-state index contributed by atoms with van der Waals surface area (Å²) in [5, 5.41) is 0. The Bertz CT molecular complexity index is 621. The Balaban J connectivity index is 1.97. The second kappa shape index (κ2) is 7.64. The third kappa shape index (κ3) is 4.62. The molecule has 0 bridgehead atoms. The lowest BCUT2D eigenvalue weighted by Crippen LogP contribution is -2.10. The molecule has 3 nitrogen and oxygen atoms in total. The smallest absolute Gasteiger partial charge is 0.306 e. The van der Waals surface area contributed by atoms with E-state index in [4.69, 9.17) is 10.5 Å². The van der Waals surface area contributed by atoms with Crippen LogP contribution in [0.15, 0.2) is 48.5 Å². The minimum Gasteiger partial charge on any atom is -0.465 e. The number of anilines is 1. The molecule has 0 radical (unpaired) electrons. The molecule has 0 aromatic heterocycles. The zero-order chi connectivity index (χ0) is 15.9. The molecule has 0 saturated carbocycles. The fraction of sp³-hybridized carbons (Fsp3) is 0.316. The third-order valence-electron chi connectivity index (χ3n) is 3.40. The van der Waals surface area contributed by atoms with E-state index in [0.29, 0.717) is 25.4 Å². The van der Waals surface area contributed by atoms with Crippen LogP contribution in [0.3, 0.4) is 0 Å². The summed E-state index contributed by atoms with van der Waals surface area (Å²) in [6.07, 6.45) is 1.03. The summed E-state index contributed by atoms with van der Waals surface area (Å²) in [6.45, 7) is 4.53. The average Bonchev–Trinajstić information content (AvgIpc) is 2.52. The summed E-state index contributed by atoms with van der Waals surface area (Å²) < 4.78 is 5.18. The maximum atomic E-state index is 11.6. The fourth-order valence-corrected chi connectivity index (χ4v) is 2.23. The van der Waals surface area contributed by atoms with Crippen LogP contribution in [0.2, 0.25) is 0 Å². The first-order valence-electron chi connectivity index (χ1n) is 7.65. The van der Waals surface area contributed by atoms with Crippen molar-refractivity contribution < 1.29 is 9.53 Å². The second-order valence-electron chi connectivity index (χ2n) is 5.86. The van der Waals surface area contributed by atoms with Gasteiger partial charge >= 0.3 is 5.97 Å². The maximum Gasteiger partial charge on any atom is 0.306 e. The number of carbonyl (C=O) groups excluding carboxylic acids is 1. The molecule has 0 spiro atoms. The number of nitrogens with two attached hydrogens (primary N) is 1. The summed E-state index contributed by atoms with van der Waals surface area (Å²) in [6, 6.07) is 16.0. The SMILES string of the molecule is CC(C)COC(=O)CCc1ccc(-c2ccccc2)c(N)c1. The lowest BCUT2D eigenvalue weighted by molar-refractivity contribution is -0.144. The monoisotopic (exact) mass is 297 g/mol. The highest BCUT2D eigenvalue weighted by atomic mass is 16.5. The zero-order valence-corrected chi connectivity index (χ0v) is 13.2. The Morgan fingerprint density at radius 2 is 1.86 bits per heavy atom. The molecule has 2 aromatic carbocycles. The number of ether oxygens (including phenoxy) is 1. The molecule has 2 rings (SSSR count). The molecule has 22 heavy (non-hydrogen) atoms. The van der Waals surface area contributed by atoms with E-state index in [-0.39, 0.29) is 5.97 Å². The fourth-order valence-electron chi connectivity index (χ4n) is 2.23. The first-order chi connectivity index (χ1) is 10.6. The zero-order valence-electron chi connectivity index (χ0n) is 13.2. The van der Waals surface area contributed by atoms with Gasteiger partial charge in [0.1, 0.15) is 0 Å². The standard InChI is InChI=1S/C19H23NO2/c1-14(2)13-22-19(21)11-9-15-8-10-17(18(20)12-15)16-6-4-3-5-7-16/h3-8,10,12,14H,9,11,13,20H2,1-2H3. The van der Waals surface area contributed by atoms with E-state index in [0.717, 1.165) is 22.4 Å². The Morgan fingerprint density at radius 3 is 2.50 bits per heavy atom. The Kier molecular flexibility index (Phi) is 5.59. The number of nitrogen functional groups attached to an aromatic ring is 1. The molecule has 0 aliphatic rings. The van der Waals surface area contributed by atoms with Crippen LogP contribution >= 0.6 is 0 Å². The normalized spacial score (nSPS) is 10.7. The van der Waals surface area contributed by atoms with Gasteiger partial charge in [-0.15, -0.1) is 0 Å². The molecular formula is C19H23NO2. The Hall–Kier alpha value is -2.29. The van der Waals surface area contributed by atoms with Crippen LogP contribution in [0.4, 0.5) is 5.69 Å². The van der Waals surface area contributed by atoms with Crippen molar-refractivity contribution in [3.63, 3.8) is 0 Å². The third-order valence-corrected chi connectivity index (χ3v) is 3.40. The molecule has 2 aromatic rings. The highest BCUT2D eigenvalue weighted by Crippen LogP contribution is 2.26. The molecule has 0 heterocycles. The van der Waals surface area contributed by atoms with E-state index < -0.39 is 0 Å². The molecule has 116 valence electrons. The Labute approximate surface area is 132 Å². The van der Waals surface area contributed by atoms with Gasteiger partial charge < -0.3 is 10.5 Å². The Morgan fingerprint density at radius 1 is 1.14 bits per heavy atom. The molecular weight excluding hydrogens is 274 g/mol. The van der Waals surface area contributed by atoms with Gasteiger partial charge in [0.25, 0.3) is 0 Å². The first kappa shape index (κ1) is 16.1. The number of aryl methyl sites for hydroxylation is 1. The van der Waals surface area contributed by atoms with E-state index in [1.807, 2.05) is 62.4 Å². The van der Waals surface area contributed by atoms with Gasteiger partial charge in [0, 0.05) is 17.7 Å². The molecule has 0 amide bonds. The summed E-state index contributed by atoms with van der Waals surface area (Å²) in [4.78, 5) is 11.6. The van der Waals surface area contributed by atoms with Gasteiger partial charge in [-0.2, -0.15) is 0 Å². The molecule has 0 unspecified atom stereocenters. The van der Waals surface area contributed by atoms with Gasteiger partial charge in [0.05, 0.1) is 6.61 Å². The highest BCUT2D eigenvalue weighted by molar-refractivity contribution is 5.77. The van der Waals surface area contributed by atoms with Gasteiger partial charge in [-0.1, -0.05) is 56.3 Å². The van der Waals surface area contributed by atoms with Crippen molar-refractivity contribution in [2.24, 2.45) is 5.92 Å². The van der Waals surface area contributed by atoms with Crippen molar-refractivity contribution in [2.75, 3.05) is 12.3 Å². The van der Waals surface area contributed by atoms with E-state index in [9.17, 15) is 4.79 Å². The van der Waals surface area contributed by atoms with Gasteiger partial charge in [-0.25, -0.2) is 0 Å². The van der Waals surface area contributed by atoms with Gasteiger partial charge in [0.15, 0.2) is 0 Å². The van der Waals surface area contributed by atoms with E-state index in [1.165, 1.54) is 0 Å². The van der Waals surface area contributed by atoms with Crippen molar-refractivity contribution in [1.29, 1.82) is 0 Å². The molecule has 0 aliphatic carbocycles. The van der Waals surface area contributed by atoms with Crippen LogP contribution in [0, 0.1) is 5.92 Å². The van der Waals surface area contributed by atoms with Crippen LogP contribution in [-0.2, 0) is 16.0 Å². The minimum absolute atomic E-state index is 0.153. The highest BCUT2D eigenvalue weighted by Gasteiger charge is 2.07. The van der Waals surface area contributed by atoms with Crippen LogP contribution < -0.4 is 5.73 Å². The lowest BCUT2D eigenvalue weighted by atomic mass is 10.00. The number of hydrogen-bond donors (Lipinski definition) is 1. The van der Waals surface area contributed by atoms with Gasteiger partial charge in [-0.05, 0) is 29.5 Å². The van der Waals surface area contributed by atoms with Gasteiger partial charge in [-0.3, -0.25) is 4.79 Å². The van der Waals surface area contributed by atoms with Crippen LogP contribution in [-0.4, -0.2) is 12.6 Å². The summed E-state index contributed by atoms with van der Waals surface area (Å²) >= 11 is 0. The maximum absolute atomic E-state index is 11.6. The topological polar surface area (TPSA) is 52.3 Å². The van der Waals surface area contributed by atoms with Crippen molar-refractivity contribution >= 4 is 11.7 Å². The predicted molar refractivity (Wildman–Crippen MR) is 90.4 cm³/mol. The lowest BCUT2D eigenvalue weighted by Gasteiger charge is -2.09. The van der Waals surface area contributed by atoms with Crippen molar-refractivity contribution in [2.45, 2.75) is 26.7 Å². The van der Waals surface area contributed by atoms with E-state index >= 15 is 0 Å². The van der Waals surface area contributed by atoms with Crippen LogP contribution in [0.1, 0.15) is 25.8 Å². The molecule has 2 N–H and O–H groups in total. The molecule has 0 atom stereocenters. The van der Waals surface area contributed by atoms with Crippen molar-refractivity contribution in [3.05, 3.63) is 54.1 Å². The molecule has 0 aliphatic heterocycles. The van der Waals surface area contributed by atoms with E-state index in [1.54, 1.807) is 0 Å². The number of hydrogen-bond acceptors (Lipinski definition) is 3. The summed E-state index contributed by atoms with van der Waals surface area (Å²) in [5.41, 5.74) is 10.1. The quantitative estimate of drug-likeness (QED) is 0.646. The van der Waals surface area contributed by atoms with Crippen LogP contribution in [0.5, 0.6) is 0 Å². The number of carbonyl (C=O) groups is 1. The first-order valence-corrected chi connectivity index (χ1v) is 7.65. The number of esters is 1. The minimum atomic E-state index is -0.153. The molecule has 0 saturated heterocycles. The second-order valence-corrected chi connectivity index (χ2v) is 5.86. The van der Waals surface area contributed by atoms with Crippen LogP contribution in [0.25, 0.3) is 11.1 Å². The average molecular weight is 297 g/mol. The van der Waals surface area contributed by atoms with Gasteiger partial charge in [0.2, 0.25) is 0 Å². The molecule has 3 heteroatoms. The van der Waals surface area contributed by atoms with E-state index in [2.05, 4.69) is 0 Å².